The van der Waals surface area contributed by atoms with Gasteiger partial charge in [-0.15, -0.1) is 0 Å². The Morgan fingerprint density at radius 2 is 1.73 bits per heavy atom. The van der Waals surface area contributed by atoms with E-state index in [1.807, 2.05) is 0 Å². The molecule has 1 aliphatic rings. The van der Waals surface area contributed by atoms with Gasteiger partial charge in [0.05, 0.1) is 12.2 Å². The van der Waals surface area contributed by atoms with Crippen LogP contribution in [0.25, 0.3) is 10.8 Å². The van der Waals surface area contributed by atoms with E-state index in [2.05, 4.69) is 83.5 Å². The molecular formula is C24H30N4O2. The fraction of sp³-hybridized carbons (Fsp3) is 0.417. The van der Waals surface area contributed by atoms with Gasteiger partial charge in [-0.1, -0.05) is 68.4 Å². The van der Waals surface area contributed by atoms with Gasteiger partial charge < -0.3 is 4.52 Å². The number of hydrogen-bond acceptors (Lipinski definition) is 5. The molecule has 6 heteroatoms. The van der Waals surface area contributed by atoms with E-state index in [4.69, 9.17) is 4.52 Å². The van der Waals surface area contributed by atoms with Gasteiger partial charge in [-0.25, -0.2) is 0 Å². The molecule has 0 aliphatic carbocycles. The molecule has 1 aliphatic heterocycles. The summed E-state index contributed by atoms with van der Waals surface area (Å²) in [6.45, 7) is 11.2. The van der Waals surface area contributed by atoms with E-state index < -0.39 is 0 Å². The molecule has 0 spiro atoms. The van der Waals surface area contributed by atoms with Crippen LogP contribution in [0.3, 0.4) is 0 Å². The molecule has 0 radical (unpaired) electrons. The van der Waals surface area contributed by atoms with Gasteiger partial charge in [0.2, 0.25) is 11.8 Å². The summed E-state index contributed by atoms with van der Waals surface area (Å²) in [6.07, 6.45) is 0. The van der Waals surface area contributed by atoms with E-state index in [1.54, 1.807) is 6.07 Å². The van der Waals surface area contributed by atoms with Crippen LogP contribution in [0.5, 0.6) is 0 Å². The number of benzene rings is 2. The zero-order valence-electron chi connectivity index (χ0n) is 18.0. The third-order valence-corrected chi connectivity index (χ3v) is 5.65. The molecule has 0 atom stereocenters. The topological polar surface area (TPSA) is 61.6 Å². The molecule has 0 saturated carbocycles. The Hall–Kier alpha value is -2.70. The first kappa shape index (κ1) is 20.6. The molecule has 2 heterocycles. The second kappa shape index (κ2) is 8.58. The smallest absolute Gasteiger partial charge is 0.240 e. The number of anilines is 1. The normalized spacial score (nSPS) is 16.1. The third-order valence-electron chi connectivity index (χ3n) is 5.65. The Labute approximate surface area is 177 Å². The predicted molar refractivity (Wildman–Crippen MR) is 119 cm³/mol. The van der Waals surface area contributed by atoms with Crippen LogP contribution in [0.2, 0.25) is 0 Å². The molecule has 1 N–H and O–H groups in total. The maximum atomic E-state index is 12.4. The monoisotopic (exact) mass is 406 g/mol. The van der Waals surface area contributed by atoms with E-state index >= 15 is 0 Å². The largest absolute Gasteiger partial charge is 0.338 e. The van der Waals surface area contributed by atoms with E-state index in [-0.39, 0.29) is 11.3 Å². The van der Waals surface area contributed by atoms with Gasteiger partial charge in [-0.2, -0.15) is 0 Å². The van der Waals surface area contributed by atoms with E-state index in [0.717, 1.165) is 38.4 Å². The van der Waals surface area contributed by atoms with Gasteiger partial charge in [0, 0.05) is 44.2 Å². The number of nitrogens with zero attached hydrogens (tertiary/aromatic N) is 3. The van der Waals surface area contributed by atoms with Crippen molar-refractivity contribution in [3.05, 3.63) is 59.8 Å². The van der Waals surface area contributed by atoms with Crippen molar-refractivity contribution in [3.63, 3.8) is 0 Å². The predicted octanol–water partition coefficient (Wildman–Crippen LogP) is 3.88. The first-order valence-electron chi connectivity index (χ1n) is 10.6. The van der Waals surface area contributed by atoms with Crippen molar-refractivity contribution >= 4 is 22.6 Å². The Kier molecular flexibility index (Phi) is 5.88. The van der Waals surface area contributed by atoms with E-state index in [1.165, 1.54) is 16.3 Å². The van der Waals surface area contributed by atoms with Crippen molar-refractivity contribution in [2.75, 3.05) is 38.0 Å². The Morgan fingerprint density at radius 3 is 2.47 bits per heavy atom. The van der Waals surface area contributed by atoms with Crippen LogP contribution in [0.4, 0.5) is 5.88 Å². The molecule has 1 fully saturated rings. The van der Waals surface area contributed by atoms with Crippen LogP contribution < -0.4 is 5.32 Å². The van der Waals surface area contributed by atoms with Crippen LogP contribution in [0, 0.1) is 0 Å². The maximum Gasteiger partial charge on any atom is 0.240 e. The average molecular weight is 407 g/mol. The van der Waals surface area contributed by atoms with Crippen molar-refractivity contribution in [1.82, 2.24) is 15.0 Å². The number of carbonyl (C=O) groups is 1. The highest BCUT2D eigenvalue weighted by Gasteiger charge is 2.22. The molecule has 0 bridgehead atoms. The third kappa shape index (κ3) is 4.89. The van der Waals surface area contributed by atoms with Crippen LogP contribution in [0.1, 0.15) is 32.0 Å². The van der Waals surface area contributed by atoms with Gasteiger partial charge in [0.1, 0.15) is 0 Å². The Morgan fingerprint density at radius 1 is 1.03 bits per heavy atom. The van der Waals surface area contributed by atoms with Crippen molar-refractivity contribution in [3.8, 4) is 0 Å². The summed E-state index contributed by atoms with van der Waals surface area (Å²) in [5.74, 6) is 0.355. The summed E-state index contributed by atoms with van der Waals surface area (Å²) in [4.78, 5) is 17.1. The summed E-state index contributed by atoms with van der Waals surface area (Å²) in [7, 11) is 0. The highest BCUT2D eigenvalue weighted by molar-refractivity contribution is 5.91. The summed E-state index contributed by atoms with van der Waals surface area (Å²) in [5.41, 5.74) is 2.09. The van der Waals surface area contributed by atoms with Crippen molar-refractivity contribution in [1.29, 1.82) is 0 Å². The summed E-state index contributed by atoms with van der Waals surface area (Å²) >= 11 is 0. The quantitative estimate of drug-likeness (QED) is 0.697. The molecule has 2 aromatic carbocycles. The molecule has 0 unspecified atom stereocenters. The van der Waals surface area contributed by atoms with Gasteiger partial charge in [0.25, 0.3) is 0 Å². The lowest BCUT2D eigenvalue weighted by Crippen LogP contribution is -2.48. The molecular weight excluding hydrogens is 376 g/mol. The molecule has 1 saturated heterocycles. The Balaban J connectivity index is 1.27. The SMILES string of the molecule is CC(C)(C)c1cc(NC(=O)CN2CCN(Cc3cccc4ccccc34)CC2)on1. The lowest BCUT2D eigenvalue weighted by atomic mass is 9.92. The molecule has 30 heavy (non-hydrogen) atoms. The number of piperazine rings is 1. The molecule has 158 valence electrons. The van der Waals surface area contributed by atoms with Crippen molar-refractivity contribution < 1.29 is 9.32 Å². The second-order valence-corrected chi connectivity index (χ2v) is 9.07. The highest BCUT2D eigenvalue weighted by atomic mass is 16.5. The van der Waals surface area contributed by atoms with Crippen LogP contribution >= 0.6 is 0 Å². The van der Waals surface area contributed by atoms with Crippen LogP contribution in [-0.4, -0.2) is 53.6 Å². The average Bonchev–Trinajstić information content (AvgIpc) is 3.19. The lowest BCUT2D eigenvalue weighted by molar-refractivity contribution is -0.117. The number of hydrogen-bond donors (Lipinski definition) is 1. The second-order valence-electron chi connectivity index (χ2n) is 9.07. The first-order valence-corrected chi connectivity index (χ1v) is 10.6. The summed E-state index contributed by atoms with van der Waals surface area (Å²) < 4.78 is 5.26. The minimum Gasteiger partial charge on any atom is -0.338 e. The van der Waals surface area contributed by atoms with Crippen molar-refractivity contribution in [2.45, 2.75) is 32.7 Å². The number of rotatable bonds is 5. The van der Waals surface area contributed by atoms with Gasteiger partial charge >= 0.3 is 0 Å². The van der Waals surface area contributed by atoms with Crippen molar-refractivity contribution in [2.24, 2.45) is 0 Å². The maximum absolute atomic E-state index is 12.4. The number of aromatic nitrogens is 1. The zero-order valence-corrected chi connectivity index (χ0v) is 18.0. The number of nitrogens with one attached hydrogen (secondary N) is 1. The number of carbonyl (C=O) groups excluding carboxylic acids is 1. The Bertz CT molecular complexity index is 1010. The lowest BCUT2D eigenvalue weighted by Gasteiger charge is -2.34. The standard InChI is InChI=1S/C24H30N4O2/c1-24(2,3)21-15-23(30-26-21)25-22(29)17-28-13-11-27(12-14-28)16-19-9-6-8-18-7-4-5-10-20(18)19/h4-10,15H,11-14,16-17H2,1-3H3,(H,25,29). The minimum atomic E-state index is -0.104. The van der Waals surface area contributed by atoms with E-state index in [9.17, 15) is 4.79 Å². The fourth-order valence-electron chi connectivity index (χ4n) is 3.84. The fourth-order valence-corrected chi connectivity index (χ4v) is 3.84. The number of fused-ring (bicyclic) bond motifs is 1. The molecule has 4 rings (SSSR count). The zero-order chi connectivity index (χ0) is 21.1. The summed E-state index contributed by atoms with van der Waals surface area (Å²) in [6, 6.07) is 16.8. The molecule has 1 aromatic heterocycles. The minimum absolute atomic E-state index is 0.0610. The van der Waals surface area contributed by atoms with Gasteiger partial charge in [0.15, 0.2) is 0 Å². The van der Waals surface area contributed by atoms with Gasteiger partial charge in [-0.05, 0) is 16.3 Å². The summed E-state index contributed by atoms with van der Waals surface area (Å²) in [5, 5.41) is 9.49. The highest BCUT2D eigenvalue weighted by Crippen LogP contribution is 2.24. The van der Waals surface area contributed by atoms with Crippen LogP contribution in [0.15, 0.2) is 53.1 Å². The molecule has 3 aromatic rings. The van der Waals surface area contributed by atoms with Crippen LogP contribution in [-0.2, 0) is 16.8 Å². The van der Waals surface area contributed by atoms with E-state index in [0.29, 0.717) is 12.4 Å². The molecule has 1 amide bonds. The first-order chi connectivity index (χ1) is 14.4. The van der Waals surface area contributed by atoms with Gasteiger partial charge in [-0.3, -0.25) is 19.9 Å². The molecule has 6 nitrogen and oxygen atoms in total. The number of amides is 1.